The first kappa shape index (κ1) is 20.0. The van der Waals surface area contributed by atoms with Crippen LogP contribution in [0.25, 0.3) is 0 Å². The van der Waals surface area contributed by atoms with E-state index < -0.39 is 6.04 Å². The fourth-order valence-electron chi connectivity index (χ4n) is 3.45. The predicted octanol–water partition coefficient (Wildman–Crippen LogP) is 1.14. The SMILES string of the molecule is O=C(N[C@@H](Cc1ccccc1)C(=O)NCc1ccc(F)cc1)C1CC[NH2+]CC1. The van der Waals surface area contributed by atoms with E-state index in [4.69, 9.17) is 0 Å². The van der Waals surface area contributed by atoms with Gasteiger partial charge in [0.1, 0.15) is 11.9 Å². The van der Waals surface area contributed by atoms with Crippen LogP contribution in [0.2, 0.25) is 0 Å². The maximum absolute atomic E-state index is 13.0. The number of rotatable bonds is 7. The first-order valence-corrected chi connectivity index (χ1v) is 9.80. The molecule has 0 spiro atoms. The Morgan fingerprint density at radius 2 is 1.68 bits per heavy atom. The van der Waals surface area contributed by atoms with Crippen molar-refractivity contribution in [1.29, 1.82) is 0 Å². The number of quaternary nitrogens is 1. The second-order valence-corrected chi connectivity index (χ2v) is 7.24. The monoisotopic (exact) mass is 384 g/mol. The van der Waals surface area contributed by atoms with E-state index in [1.165, 1.54) is 12.1 Å². The highest BCUT2D eigenvalue weighted by Crippen LogP contribution is 2.11. The second-order valence-electron chi connectivity index (χ2n) is 7.24. The lowest BCUT2D eigenvalue weighted by Crippen LogP contribution is -2.86. The molecule has 0 unspecified atom stereocenters. The molecule has 2 aromatic rings. The second kappa shape index (κ2) is 9.99. The van der Waals surface area contributed by atoms with Crippen molar-refractivity contribution >= 4 is 11.8 Å². The van der Waals surface area contributed by atoms with Crippen LogP contribution in [0.15, 0.2) is 54.6 Å². The Morgan fingerprint density at radius 1 is 1.00 bits per heavy atom. The lowest BCUT2D eigenvalue weighted by atomic mass is 9.96. The summed E-state index contributed by atoms with van der Waals surface area (Å²) in [6.45, 7) is 2.18. The number of carbonyl (C=O) groups is 2. The standard InChI is InChI=1S/C22H26FN3O2/c23-19-8-6-17(7-9-19)15-25-22(28)20(14-16-4-2-1-3-5-16)26-21(27)18-10-12-24-13-11-18/h1-9,18,20,24H,10-15H2,(H,25,28)(H,26,27)/p+1/t20-/m0/s1. The number of nitrogens with one attached hydrogen (secondary N) is 2. The number of hydrogen-bond acceptors (Lipinski definition) is 2. The van der Waals surface area contributed by atoms with Crippen molar-refractivity contribution in [3.05, 3.63) is 71.5 Å². The maximum atomic E-state index is 13.0. The average molecular weight is 384 g/mol. The summed E-state index contributed by atoms with van der Waals surface area (Å²) in [6, 6.07) is 15.0. The van der Waals surface area contributed by atoms with E-state index in [0.717, 1.165) is 37.1 Å². The van der Waals surface area contributed by atoms with Gasteiger partial charge in [0, 0.05) is 31.7 Å². The van der Waals surface area contributed by atoms with E-state index in [1.807, 2.05) is 30.3 Å². The van der Waals surface area contributed by atoms with Crippen molar-refractivity contribution < 1.29 is 19.3 Å². The Balaban J connectivity index is 1.64. The normalized spacial score (nSPS) is 15.6. The zero-order valence-electron chi connectivity index (χ0n) is 15.9. The fourth-order valence-corrected chi connectivity index (χ4v) is 3.45. The fraction of sp³-hybridized carbons (Fsp3) is 0.364. The molecule has 2 aromatic carbocycles. The molecule has 3 rings (SSSR count). The van der Waals surface area contributed by atoms with E-state index in [1.54, 1.807) is 12.1 Å². The van der Waals surface area contributed by atoms with Gasteiger partial charge < -0.3 is 16.0 Å². The summed E-state index contributed by atoms with van der Waals surface area (Å²) in [5.41, 5.74) is 1.80. The largest absolute Gasteiger partial charge is 0.350 e. The van der Waals surface area contributed by atoms with Gasteiger partial charge in [0.25, 0.3) is 0 Å². The van der Waals surface area contributed by atoms with Gasteiger partial charge in [-0.3, -0.25) is 9.59 Å². The number of halogens is 1. The van der Waals surface area contributed by atoms with Crippen LogP contribution in [0.1, 0.15) is 24.0 Å². The molecule has 1 aliphatic rings. The minimum atomic E-state index is -0.638. The molecule has 148 valence electrons. The van der Waals surface area contributed by atoms with E-state index in [9.17, 15) is 14.0 Å². The van der Waals surface area contributed by atoms with Gasteiger partial charge in [0.2, 0.25) is 11.8 Å². The van der Waals surface area contributed by atoms with Crippen LogP contribution in [-0.2, 0) is 22.6 Å². The Morgan fingerprint density at radius 3 is 2.36 bits per heavy atom. The van der Waals surface area contributed by atoms with Crippen LogP contribution < -0.4 is 16.0 Å². The Kier molecular flexibility index (Phi) is 7.14. The summed E-state index contributed by atoms with van der Waals surface area (Å²) < 4.78 is 13.0. The summed E-state index contributed by atoms with van der Waals surface area (Å²) >= 11 is 0. The number of hydrogen-bond donors (Lipinski definition) is 3. The number of piperidine rings is 1. The maximum Gasteiger partial charge on any atom is 0.243 e. The van der Waals surface area contributed by atoms with Crippen molar-refractivity contribution in [1.82, 2.24) is 10.6 Å². The minimum absolute atomic E-state index is 0.0341. The number of amides is 2. The number of nitrogens with two attached hydrogens (primary N) is 1. The highest BCUT2D eigenvalue weighted by Gasteiger charge is 2.27. The smallest absolute Gasteiger partial charge is 0.243 e. The molecule has 1 fully saturated rings. The lowest BCUT2D eigenvalue weighted by molar-refractivity contribution is -0.664. The van der Waals surface area contributed by atoms with Gasteiger partial charge in [0.05, 0.1) is 13.1 Å². The molecule has 28 heavy (non-hydrogen) atoms. The molecular formula is C22H27FN3O2+. The molecule has 1 aliphatic heterocycles. The zero-order valence-corrected chi connectivity index (χ0v) is 15.9. The van der Waals surface area contributed by atoms with E-state index >= 15 is 0 Å². The van der Waals surface area contributed by atoms with E-state index in [2.05, 4.69) is 16.0 Å². The van der Waals surface area contributed by atoms with Gasteiger partial charge in [-0.05, 0) is 23.3 Å². The summed E-state index contributed by atoms with van der Waals surface area (Å²) in [7, 11) is 0. The predicted molar refractivity (Wildman–Crippen MR) is 105 cm³/mol. The first-order chi connectivity index (χ1) is 13.6. The molecule has 0 aliphatic carbocycles. The molecule has 6 heteroatoms. The quantitative estimate of drug-likeness (QED) is 0.670. The Hall–Kier alpha value is -2.73. The lowest BCUT2D eigenvalue weighted by Gasteiger charge is -2.24. The molecule has 0 bridgehead atoms. The van der Waals surface area contributed by atoms with Crippen molar-refractivity contribution in [3.63, 3.8) is 0 Å². The van der Waals surface area contributed by atoms with Crippen molar-refractivity contribution in [2.75, 3.05) is 13.1 Å². The molecule has 0 aromatic heterocycles. The molecule has 4 N–H and O–H groups in total. The molecular weight excluding hydrogens is 357 g/mol. The summed E-state index contributed by atoms with van der Waals surface area (Å²) in [6.07, 6.45) is 2.10. The van der Waals surface area contributed by atoms with Crippen LogP contribution in [0, 0.1) is 11.7 Å². The van der Waals surface area contributed by atoms with Gasteiger partial charge in [-0.25, -0.2) is 4.39 Å². The van der Waals surface area contributed by atoms with Crippen LogP contribution >= 0.6 is 0 Å². The molecule has 2 amide bonds. The molecule has 1 saturated heterocycles. The highest BCUT2D eigenvalue weighted by atomic mass is 19.1. The van der Waals surface area contributed by atoms with Gasteiger partial charge in [0.15, 0.2) is 0 Å². The summed E-state index contributed by atoms with van der Waals surface area (Å²) in [4.78, 5) is 25.5. The van der Waals surface area contributed by atoms with Crippen LogP contribution in [0.3, 0.4) is 0 Å². The van der Waals surface area contributed by atoms with E-state index in [0.29, 0.717) is 13.0 Å². The molecule has 1 atom stereocenters. The van der Waals surface area contributed by atoms with E-state index in [-0.39, 0.29) is 23.5 Å². The van der Waals surface area contributed by atoms with Crippen molar-refractivity contribution in [2.45, 2.75) is 31.8 Å². The van der Waals surface area contributed by atoms with Crippen LogP contribution in [0.4, 0.5) is 4.39 Å². The number of benzene rings is 2. The van der Waals surface area contributed by atoms with Gasteiger partial charge >= 0.3 is 0 Å². The molecule has 0 saturated carbocycles. The third-order valence-electron chi connectivity index (χ3n) is 5.10. The van der Waals surface area contributed by atoms with Crippen LogP contribution in [-0.4, -0.2) is 30.9 Å². The van der Waals surface area contributed by atoms with Crippen LogP contribution in [0.5, 0.6) is 0 Å². The highest BCUT2D eigenvalue weighted by molar-refractivity contribution is 5.88. The van der Waals surface area contributed by atoms with Gasteiger partial charge in [-0.15, -0.1) is 0 Å². The average Bonchev–Trinajstić information content (AvgIpc) is 2.74. The topological polar surface area (TPSA) is 74.8 Å². The summed E-state index contributed by atoms with van der Waals surface area (Å²) in [5, 5.41) is 8.03. The third kappa shape index (κ3) is 5.89. The minimum Gasteiger partial charge on any atom is -0.350 e. The Bertz CT molecular complexity index is 774. The molecule has 5 nitrogen and oxygen atoms in total. The van der Waals surface area contributed by atoms with Gasteiger partial charge in [-0.1, -0.05) is 42.5 Å². The van der Waals surface area contributed by atoms with Crippen molar-refractivity contribution in [3.8, 4) is 0 Å². The first-order valence-electron chi connectivity index (χ1n) is 9.80. The van der Waals surface area contributed by atoms with Crippen molar-refractivity contribution in [2.24, 2.45) is 5.92 Å². The Labute approximate surface area is 164 Å². The third-order valence-corrected chi connectivity index (χ3v) is 5.10. The number of carbonyl (C=O) groups excluding carboxylic acids is 2. The summed E-state index contributed by atoms with van der Waals surface area (Å²) in [5.74, 6) is -0.628. The molecule has 0 radical (unpaired) electrons. The van der Waals surface area contributed by atoms with Gasteiger partial charge in [-0.2, -0.15) is 0 Å². The molecule has 1 heterocycles. The zero-order chi connectivity index (χ0) is 19.8.